The van der Waals surface area contributed by atoms with Gasteiger partial charge in [0, 0.05) is 0 Å². The van der Waals surface area contributed by atoms with Crippen molar-refractivity contribution >= 4 is 14.5 Å². The van der Waals surface area contributed by atoms with Gasteiger partial charge >= 0.3 is 90.4 Å². The van der Waals surface area contributed by atoms with Gasteiger partial charge in [-0.05, 0) is 0 Å². The van der Waals surface area contributed by atoms with Crippen LogP contribution in [0.4, 0.5) is 0 Å². The molecular weight excluding hydrogens is 237 g/mol. The first-order valence-electron chi connectivity index (χ1n) is 4.81. The van der Waals surface area contributed by atoms with E-state index in [4.69, 9.17) is 0 Å². The maximum absolute atomic E-state index is 4.64. The van der Waals surface area contributed by atoms with Crippen LogP contribution in [0.1, 0.15) is 18.2 Å². The van der Waals surface area contributed by atoms with Crippen molar-refractivity contribution in [2.45, 2.75) is 20.3 Å². The molecule has 0 saturated heterocycles. The summed E-state index contributed by atoms with van der Waals surface area (Å²) in [4.78, 5) is 6.93. The van der Waals surface area contributed by atoms with E-state index in [1.165, 1.54) is 21.4 Å². The second kappa shape index (κ2) is 4.12. The fraction of sp³-hybridized carbons (Fsp3) is 0.250. The molecule has 0 aliphatic heterocycles. The summed E-state index contributed by atoms with van der Waals surface area (Å²) in [6.07, 6.45) is 1.05. The van der Waals surface area contributed by atoms with Crippen LogP contribution in [-0.2, 0) is 6.42 Å². The molecule has 0 fully saturated rings. The number of hydrogen-bond donors (Lipinski definition) is 0. The van der Waals surface area contributed by atoms with Gasteiger partial charge in [-0.3, -0.25) is 0 Å². The minimum atomic E-state index is 0.442. The fourth-order valence-corrected chi connectivity index (χ4v) is 3.49. The Bertz CT molecular complexity index is 431. The molecule has 72 valence electrons. The van der Waals surface area contributed by atoms with Gasteiger partial charge in [0.1, 0.15) is 0 Å². The Balaban J connectivity index is 2.44. The quantitative estimate of drug-likeness (QED) is 0.747. The summed E-state index contributed by atoms with van der Waals surface area (Å²) in [7, 11) is 0. The zero-order valence-electron chi connectivity index (χ0n) is 8.45. The Kier molecular flexibility index (Phi) is 2.85. The number of aromatic nitrogens is 1. The van der Waals surface area contributed by atoms with Crippen LogP contribution < -0.4 is 0 Å². The van der Waals surface area contributed by atoms with E-state index in [0.717, 1.165) is 6.42 Å². The maximum atomic E-state index is 4.64. The van der Waals surface area contributed by atoms with Crippen LogP contribution in [0.25, 0.3) is 10.1 Å². The number of aryl methyl sites for hydroxylation is 2. The molecule has 2 rings (SSSR count). The molecule has 2 heteroatoms. The molecule has 0 N–H and O–H groups in total. The van der Waals surface area contributed by atoms with Crippen LogP contribution in [0, 0.1) is 6.92 Å². The van der Waals surface area contributed by atoms with Crippen molar-refractivity contribution in [2.75, 3.05) is 0 Å². The second-order valence-corrected chi connectivity index (χ2v) is 5.11. The number of rotatable bonds is 2. The van der Waals surface area contributed by atoms with Gasteiger partial charge < -0.3 is 0 Å². The average molecular weight is 250 g/mol. The molecular formula is C12H13NSe. The minimum absolute atomic E-state index is 0.442. The molecule has 0 amide bonds. The van der Waals surface area contributed by atoms with Crippen LogP contribution in [0.2, 0.25) is 0 Å². The first-order chi connectivity index (χ1) is 6.81. The predicted molar refractivity (Wildman–Crippen MR) is 60.7 cm³/mol. The molecule has 2 aromatic rings. The van der Waals surface area contributed by atoms with Gasteiger partial charge in [-0.25, -0.2) is 0 Å². The van der Waals surface area contributed by atoms with Crippen LogP contribution in [0.15, 0.2) is 29.2 Å². The van der Waals surface area contributed by atoms with Gasteiger partial charge in [-0.2, -0.15) is 0 Å². The van der Waals surface area contributed by atoms with E-state index >= 15 is 0 Å². The third kappa shape index (κ3) is 1.82. The van der Waals surface area contributed by atoms with Crippen LogP contribution >= 0.6 is 0 Å². The molecule has 1 aromatic carbocycles. The SMILES string of the molecule is CCc1c[se]c(-c2ccccc2C)n1. The molecule has 0 atom stereocenters. The zero-order chi connectivity index (χ0) is 9.97. The van der Waals surface area contributed by atoms with Crippen molar-refractivity contribution in [3.8, 4) is 10.1 Å². The summed E-state index contributed by atoms with van der Waals surface area (Å²) in [6, 6.07) is 8.49. The fourth-order valence-electron chi connectivity index (χ4n) is 1.41. The monoisotopic (exact) mass is 251 g/mol. The zero-order valence-corrected chi connectivity index (χ0v) is 10.2. The van der Waals surface area contributed by atoms with Crippen LogP contribution in [0.3, 0.4) is 0 Å². The Morgan fingerprint density at radius 3 is 2.71 bits per heavy atom. The molecule has 1 aromatic heterocycles. The second-order valence-electron chi connectivity index (χ2n) is 3.31. The summed E-state index contributed by atoms with van der Waals surface area (Å²) in [5.41, 5.74) is 3.91. The van der Waals surface area contributed by atoms with Crippen molar-refractivity contribution in [3.05, 3.63) is 40.5 Å². The number of benzene rings is 1. The van der Waals surface area contributed by atoms with E-state index in [0.29, 0.717) is 14.5 Å². The van der Waals surface area contributed by atoms with Gasteiger partial charge in [0.15, 0.2) is 0 Å². The van der Waals surface area contributed by atoms with Gasteiger partial charge in [0.25, 0.3) is 0 Å². The Morgan fingerprint density at radius 1 is 1.29 bits per heavy atom. The third-order valence-electron chi connectivity index (χ3n) is 2.29. The van der Waals surface area contributed by atoms with Crippen molar-refractivity contribution < 1.29 is 0 Å². The van der Waals surface area contributed by atoms with Crippen molar-refractivity contribution in [1.29, 1.82) is 0 Å². The van der Waals surface area contributed by atoms with E-state index in [9.17, 15) is 0 Å². The Morgan fingerprint density at radius 2 is 2.07 bits per heavy atom. The van der Waals surface area contributed by atoms with E-state index in [2.05, 4.69) is 48.0 Å². The van der Waals surface area contributed by atoms with Crippen molar-refractivity contribution in [3.63, 3.8) is 0 Å². The Labute approximate surface area is 90.6 Å². The van der Waals surface area contributed by atoms with E-state index < -0.39 is 0 Å². The predicted octanol–water partition coefficient (Wildman–Crippen LogP) is 2.68. The van der Waals surface area contributed by atoms with Crippen LogP contribution in [0.5, 0.6) is 0 Å². The Hall–Kier alpha value is -0.851. The van der Waals surface area contributed by atoms with Gasteiger partial charge in [0.05, 0.1) is 0 Å². The summed E-state index contributed by atoms with van der Waals surface area (Å²) >= 11 is 0.442. The van der Waals surface area contributed by atoms with Gasteiger partial charge in [-0.1, -0.05) is 0 Å². The van der Waals surface area contributed by atoms with Crippen LogP contribution in [-0.4, -0.2) is 19.5 Å². The summed E-state index contributed by atoms with van der Waals surface area (Å²) in [6.45, 7) is 4.31. The molecule has 0 saturated carbocycles. The van der Waals surface area contributed by atoms with E-state index in [1.54, 1.807) is 0 Å². The number of nitrogens with zero attached hydrogens (tertiary/aromatic N) is 1. The molecule has 0 bridgehead atoms. The summed E-state index contributed by atoms with van der Waals surface area (Å²) in [5.74, 6) is 0. The number of hydrogen-bond acceptors (Lipinski definition) is 1. The van der Waals surface area contributed by atoms with E-state index in [-0.39, 0.29) is 0 Å². The van der Waals surface area contributed by atoms with E-state index in [1.807, 2.05) is 0 Å². The standard InChI is InChI=1S/C12H13NSe/c1-3-10-8-14-12(13-10)11-7-5-4-6-9(11)2/h4-8H,3H2,1-2H3. The average Bonchev–Trinajstić information content (AvgIpc) is 2.67. The molecule has 1 heterocycles. The molecule has 0 radical (unpaired) electrons. The normalized spacial score (nSPS) is 10.4. The first kappa shape index (κ1) is 9.69. The first-order valence-corrected chi connectivity index (χ1v) is 6.66. The molecule has 0 spiro atoms. The molecule has 0 unspecified atom stereocenters. The van der Waals surface area contributed by atoms with Crippen molar-refractivity contribution in [1.82, 2.24) is 4.98 Å². The molecule has 0 aliphatic rings. The molecule has 1 nitrogen and oxygen atoms in total. The summed E-state index contributed by atoms with van der Waals surface area (Å²) < 4.78 is 1.28. The van der Waals surface area contributed by atoms with Crippen molar-refractivity contribution in [2.24, 2.45) is 0 Å². The topological polar surface area (TPSA) is 12.9 Å². The van der Waals surface area contributed by atoms with Gasteiger partial charge in [0.2, 0.25) is 0 Å². The van der Waals surface area contributed by atoms with Gasteiger partial charge in [-0.15, -0.1) is 0 Å². The summed E-state index contributed by atoms with van der Waals surface area (Å²) in [5, 5.41) is 0. The molecule has 14 heavy (non-hydrogen) atoms. The third-order valence-corrected chi connectivity index (χ3v) is 4.23. The molecule has 0 aliphatic carbocycles.